The Morgan fingerprint density at radius 2 is 1.55 bits per heavy atom. The van der Waals surface area contributed by atoms with Gasteiger partial charge in [0.1, 0.15) is 0 Å². The van der Waals surface area contributed by atoms with Crippen LogP contribution in [-0.2, 0) is 17.8 Å². The van der Waals surface area contributed by atoms with Crippen LogP contribution in [0.3, 0.4) is 0 Å². The highest BCUT2D eigenvalue weighted by molar-refractivity contribution is 5.73. The summed E-state index contributed by atoms with van der Waals surface area (Å²) < 4.78 is 5.48. The summed E-state index contributed by atoms with van der Waals surface area (Å²) in [5.74, 6) is 0. The average Bonchev–Trinajstić information content (AvgIpc) is 3.01. The van der Waals surface area contributed by atoms with Gasteiger partial charge in [0, 0.05) is 31.9 Å². The monoisotopic (exact) mass is 295 g/mol. The molecule has 2 N–H and O–H groups in total. The Balaban J connectivity index is 1.65. The van der Waals surface area contributed by atoms with E-state index < -0.39 is 0 Å². The summed E-state index contributed by atoms with van der Waals surface area (Å²) >= 11 is 0. The second kappa shape index (κ2) is 5.54. The molecule has 2 aromatic rings. The van der Waals surface area contributed by atoms with Gasteiger partial charge in [-0.15, -0.1) is 0 Å². The maximum atomic E-state index is 6.14. The minimum Gasteiger partial charge on any atom is -0.398 e. The zero-order valence-electron chi connectivity index (χ0n) is 12.7. The van der Waals surface area contributed by atoms with E-state index in [0.717, 1.165) is 45.1 Å². The Labute approximate surface area is 131 Å². The van der Waals surface area contributed by atoms with Crippen molar-refractivity contribution >= 4 is 17.1 Å². The van der Waals surface area contributed by atoms with Crippen LogP contribution in [0.1, 0.15) is 11.1 Å². The van der Waals surface area contributed by atoms with E-state index in [4.69, 9.17) is 10.5 Å². The molecule has 0 aromatic heterocycles. The van der Waals surface area contributed by atoms with E-state index in [1.165, 1.54) is 22.5 Å². The molecule has 0 atom stereocenters. The summed E-state index contributed by atoms with van der Waals surface area (Å²) in [6, 6.07) is 14.9. The van der Waals surface area contributed by atoms with E-state index >= 15 is 0 Å². The van der Waals surface area contributed by atoms with Crippen molar-refractivity contribution in [3.63, 3.8) is 0 Å². The second-order valence-electron chi connectivity index (χ2n) is 5.93. The molecule has 4 nitrogen and oxygen atoms in total. The summed E-state index contributed by atoms with van der Waals surface area (Å²) in [7, 11) is 0. The molecule has 0 bridgehead atoms. The molecule has 0 spiro atoms. The van der Waals surface area contributed by atoms with E-state index in [0.29, 0.717) is 0 Å². The van der Waals surface area contributed by atoms with Crippen LogP contribution in [0.15, 0.2) is 42.5 Å². The van der Waals surface area contributed by atoms with Gasteiger partial charge >= 0.3 is 0 Å². The highest BCUT2D eigenvalue weighted by Crippen LogP contribution is 2.37. The Morgan fingerprint density at radius 3 is 2.27 bits per heavy atom. The van der Waals surface area contributed by atoms with Gasteiger partial charge in [-0.1, -0.05) is 24.3 Å². The molecule has 1 saturated heterocycles. The topological polar surface area (TPSA) is 41.7 Å². The molecule has 4 heteroatoms. The Morgan fingerprint density at radius 1 is 0.818 bits per heavy atom. The zero-order valence-corrected chi connectivity index (χ0v) is 12.7. The first-order valence-electron chi connectivity index (χ1n) is 7.86. The van der Waals surface area contributed by atoms with Crippen LogP contribution in [0.2, 0.25) is 0 Å². The SMILES string of the molecule is Nc1cccc2c1CN(c1ccccc1N1CCOCC1)C2. The molecule has 0 radical (unpaired) electrons. The number of nitrogen functional groups attached to an aromatic ring is 1. The molecular weight excluding hydrogens is 274 g/mol. The van der Waals surface area contributed by atoms with E-state index in [-0.39, 0.29) is 0 Å². The van der Waals surface area contributed by atoms with Crippen molar-refractivity contribution in [3.05, 3.63) is 53.6 Å². The van der Waals surface area contributed by atoms with Gasteiger partial charge in [-0.05, 0) is 29.3 Å². The number of ether oxygens (including phenoxy) is 1. The predicted molar refractivity (Wildman–Crippen MR) is 90.2 cm³/mol. The molecule has 0 aliphatic carbocycles. The minimum atomic E-state index is 0.807. The fourth-order valence-electron chi connectivity index (χ4n) is 3.42. The number of nitrogens with two attached hydrogens (primary N) is 1. The van der Waals surface area contributed by atoms with Crippen molar-refractivity contribution in [1.29, 1.82) is 0 Å². The molecule has 2 aromatic carbocycles. The van der Waals surface area contributed by atoms with Gasteiger partial charge in [0.15, 0.2) is 0 Å². The fourth-order valence-corrected chi connectivity index (χ4v) is 3.42. The third-order valence-corrected chi connectivity index (χ3v) is 4.59. The van der Waals surface area contributed by atoms with Crippen molar-refractivity contribution < 1.29 is 4.74 Å². The predicted octanol–water partition coefficient (Wildman–Crippen LogP) is 2.63. The Kier molecular flexibility index (Phi) is 3.39. The van der Waals surface area contributed by atoms with Gasteiger partial charge in [0.2, 0.25) is 0 Å². The summed E-state index contributed by atoms with van der Waals surface area (Å²) in [5, 5.41) is 0. The minimum absolute atomic E-state index is 0.807. The van der Waals surface area contributed by atoms with Gasteiger partial charge in [-0.2, -0.15) is 0 Å². The molecule has 4 rings (SSSR count). The lowest BCUT2D eigenvalue weighted by molar-refractivity contribution is 0.122. The summed E-state index contributed by atoms with van der Waals surface area (Å²) in [6.45, 7) is 5.36. The second-order valence-corrected chi connectivity index (χ2v) is 5.93. The number of hydrogen-bond acceptors (Lipinski definition) is 4. The molecule has 0 amide bonds. The van der Waals surface area contributed by atoms with Crippen LogP contribution < -0.4 is 15.5 Å². The summed E-state index contributed by atoms with van der Waals surface area (Å²) in [6.07, 6.45) is 0. The highest BCUT2D eigenvalue weighted by Gasteiger charge is 2.24. The number of para-hydroxylation sites is 2. The maximum Gasteiger partial charge on any atom is 0.0642 e. The van der Waals surface area contributed by atoms with Gasteiger partial charge in [0.05, 0.1) is 24.6 Å². The summed E-state index contributed by atoms with van der Waals surface area (Å²) in [4.78, 5) is 4.84. The number of hydrogen-bond donors (Lipinski definition) is 1. The number of nitrogens with zero attached hydrogens (tertiary/aromatic N) is 2. The standard InChI is InChI=1S/C18H21N3O/c19-16-5-3-4-14-12-21(13-15(14)16)18-7-2-1-6-17(18)20-8-10-22-11-9-20/h1-7H,8-13,19H2. The Bertz CT molecular complexity index is 680. The van der Waals surface area contributed by atoms with Crippen molar-refractivity contribution in [2.75, 3.05) is 41.8 Å². The lowest BCUT2D eigenvalue weighted by Gasteiger charge is -2.33. The smallest absolute Gasteiger partial charge is 0.0642 e. The number of morpholine rings is 1. The molecular formula is C18H21N3O. The Hall–Kier alpha value is -2.20. The van der Waals surface area contributed by atoms with Gasteiger partial charge < -0.3 is 20.3 Å². The quantitative estimate of drug-likeness (QED) is 0.865. The number of benzene rings is 2. The molecule has 0 saturated carbocycles. The largest absolute Gasteiger partial charge is 0.398 e. The van der Waals surface area contributed by atoms with Crippen molar-refractivity contribution in [2.45, 2.75) is 13.1 Å². The molecule has 1 fully saturated rings. The van der Waals surface area contributed by atoms with E-state index in [2.05, 4.69) is 40.1 Å². The van der Waals surface area contributed by atoms with Crippen molar-refractivity contribution in [3.8, 4) is 0 Å². The first-order chi connectivity index (χ1) is 10.8. The molecule has 114 valence electrons. The van der Waals surface area contributed by atoms with E-state index in [9.17, 15) is 0 Å². The van der Waals surface area contributed by atoms with Gasteiger partial charge in [-0.25, -0.2) is 0 Å². The van der Waals surface area contributed by atoms with Crippen LogP contribution in [0.4, 0.5) is 17.1 Å². The zero-order chi connectivity index (χ0) is 14.9. The third-order valence-electron chi connectivity index (χ3n) is 4.59. The molecule has 2 aliphatic heterocycles. The number of anilines is 3. The van der Waals surface area contributed by atoms with Crippen LogP contribution in [-0.4, -0.2) is 26.3 Å². The molecule has 2 heterocycles. The molecule has 0 unspecified atom stereocenters. The fraction of sp³-hybridized carbons (Fsp3) is 0.333. The van der Waals surface area contributed by atoms with E-state index in [1.807, 2.05) is 12.1 Å². The average molecular weight is 295 g/mol. The van der Waals surface area contributed by atoms with Crippen molar-refractivity contribution in [1.82, 2.24) is 0 Å². The highest BCUT2D eigenvalue weighted by atomic mass is 16.5. The first kappa shape index (κ1) is 13.5. The molecule has 22 heavy (non-hydrogen) atoms. The number of rotatable bonds is 2. The first-order valence-corrected chi connectivity index (χ1v) is 7.86. The van der Waals surface area contributed by atoms with E-state index in [1.54, 1.807) is 0 Å². The summed E-state index contributed by atoms with van der Waals surface area (Å²) in [5.41, 5.74) is 12.3. The normalized spacial score (nSPS) is 17.6. The maximum absolute atomic E-state index is 6.14. The van der Waals surface area contributed by atoms with Crippen molar-refractivity contribution in [2.24, 2.45) is 0 Å². The lowest BCUT2D eigenvalue weighted by Crippen LogP contribution is -2.37. The van der Waals surface area contributed by atoms with Crippen LogP contribution in [0.5, 0.6) is 0 Å². The lowest BCUT2D eigenvalue weighted by atomic mass is 10.1. The van der Waals surface area contributed by atoms with Gasteiger partial charge in [0.25, 0.3) is 0 Å². The van der Waals surface area contributed by atoms with Crippen LogP contribution in [0.25, 0.3) is 0 Å². The van der Waals surface area contributed by atoms with Crippen LogP contribution >= 0.6 is 0 Å². The van der Waals surface area contributed by atoms with Gasteiger partial charge in [-0.3, -0.25) is 0 Å². The third kappa shape index (κ3) is 2.29. The number of fused-ring (bicyclic) bond motifs is 1. The van der Waals surface area contributed by atoms with Crippen LogP contribution in [0, 0.1) is 0 Å². The molecule has 2 aliphatic rings.